The molecule has 0 aliphatic heterocycles. The number of aromatic nitrogens is 1. The molecule has 3 rings (SSSR count). The van der Waals surface area contributed by atoms with Gasteiger partial charge in [0.05, 0.1) is 12.1 Å². The zero-order valence-corrected chi connectivity index (χ0v) is 15.4. The van der Waals surface area contributed by atoms with E-state index in [1.54, 1.807) is 14.2 Å². The average molecular weight is 377 g/mol. The quantitative estimate of drug-likeness (QED) is 0.597. The highest BCUT2D eigenvalue weighted by atomic mass is 35.5. The molecule has 6 heteroatoms. The third kappa shape index (κ3) is 4.05. The van der Waals surface area contributed by atoms with Gasteiger partial charge in [-0.25, -0.2) is 4.98 Å². The normalized spacial score (nSPS) is 11.2. The summed E-state index contributed by atoms with van der Waals surface area (Å²) in [7, 11) is 3.20. The summed E-state index contributed by atoms with van der Waals surface area (Å²) < 4.78 is 10.4. The number of fused-ring (bicyclic) bond motifs is 1. The van der Waals surface area contributed by atoms with Gasteiger partial charge in [-0.3, -0.25) is 0 Å². The van der Waals surface area contributed by atoms with Crippen molar-refractivity contribution in [2.75, 3.05) is 26.1 Å². The monoisotopic (exact) mass is 376 g/mol. The second-order valence-corrected chi connectivity index (χ2v) is 6.32. The van der Waals surface area contributed by atoms with Gasteiger partial charge in [0.1, 0.15) is 5.82 Å². The van der Waals surface area contributed by atoms with Crippen LogP contribution < -0.4 is 5.32 Å². The van der Waals surface area contributed by atoms with Gasteiger partial charge >= 0.3 is 0 Å². The number of hydrogen-bond donors (Lipinski definition) is 1. The molecule has 0 saturated carbocycles. The van der Waals surface area contributed by atoms with Crippen LogP contribution in [0.4, 0.5) is 5.82 Å². The molecule has 0 atom stereocenters. The number of rotatable bonds is 6. The number of benzene rings is 2. The van der Waals surface area contributed by atoms with E-state index < -0.39 is 0 Å². The summed E-state index contributed by atoms with van der Waals surface area (Å²) in [6, 6.07) is 15.3. The maximum Gasteiger partial charge on any atom is 0.173 e. The van der Waals surface area contributed by atoms with E-state index in [4.69, 9.17) is 32.7 Å². The van der Waals surface area contributed by atoms with E-state index in [1.807, 2.05) is 48.5 Å². The Balaban J connectivity index is 2.09. The second kappa shape index (κ2) is 8.02. The zero-order chi connectivity index (χ0) is 17.8. The van der Waals surface area contributed by atoms with Crippen molar-refractivity contribution >= 4 is 39.9 Å². The fourth-order valence-electron chi connectivity index (χ4n) is 2.64. The number of anilines is 1. The standard InChI is InChI=1S/C19H18Cl2N2O2/c1-24-19(25-2)11-22-18-10-14(13-5-3-4-6-16(13)21)15-9-12(20)7-8-17(15)23-18/h3-10,19H,11H2,1-2H3,(H,22,23). The minimum absolute atomic E-state index is 0.355. The van der Waals surface area contributed by atoms with Gasteiger partial charge in [0.25, 0.3) is 0 Å². The largest absolute Gasteiger partial charge is 0.365 e. The van der Waals surface area contributed by atoms with Crippen molar-refractivity contribution in [3.8, 4) is 11.1 Å². The average Bonchev–Trinajstić information content (AvgIpc) is 2.63. The lowest BCUT2D eigenvalue weighted by Gasteiger charge is -2.16. The van der Waals surface area contributed by atoms with Crippen LogP contribution in [0.25, 0.3) is 22.0 Å². The molecule has 0 amide bonds. The highest BCUT2D eigenvalue weighted by Crippen LogP contribution is 2.35. The summed E-state index contributed by atoms with van der Waals surface area (Å²) in [6.07, 6.45) is -0.355. The minimum Gasteiger partial charge on any atom is -0.365 e. The van der Waals surface area contributed by atoms with Crippen molar-refractivity contribution in [2.45, 2.75) is 6.29 Å². The molecule has 0 bridgehead atoms. The molecule has 1 N–H and O–H groups in total. The molecule has 0 aliphatic rings. The molecule has 4 nitrogen and oxygen atoms in total. The molecule has 0 saturated heterocycles. The van der Waals surface area contributed by atoms with Crippen LogP contribution in [0.3, 0.4) is 0 Å². The van der Waals surface area contributed by atoms with Crippen LogP contribution in [-0.2, 0) is 9.47 Å². The molecule has 0 unspecified atom stereocenters. The molecule has 2 aromatic carbocycles. The SMILES string of the molecule is COC(CNc1cc(-c2ccccc2Cl)c2cc(Cl)ccc2n1)OC. The maximum absolute atomic E-state index is 6.41. The molecule has 0 fully saturated rings. The summed E-state index contributed by atoms with van der Waals surface area (Å²) in [6.45, 7) is 0.473. The number of pyridine rings is 1. The first-order valence-electron chi connectivity index (χ1n) is 7.77. The first-order chi connectivity index (χ1) is 12.1. The van der Waals surface area contributed by atoms with E-state index >= 15 is 0 Å². The molecular formula is C19H18Cl2N2O2. The second-order valence-electron chi connectivity index (χ2n) is 5.48. The Bertz CT molecular complexity index is 882. The van der Waals surface area contributed by atoms with Gasteiger partial charge in [-0.2, -0.15) is 0 Å². The highest BCUT2D eigenvalue weighted by molar-refractivity contribution is 6.34. The van der Waals surface area contributed by atoms with Gasteiger partial charge in [-0.05, 0) is 35.9 Å². The summed E-state index contributed by atoms with van der Waals surface area (Å²) in [5.41, 5.74) is 2.72. The third-order valence-electron chi connectivity index (χ3n) is 3.91. The van der Waals surface area contributed by atoms with Crippen molar-refractivity contribution in [3.63, 3.8) is 0 Å². The van der Waals surface area contributed by atoms with Gasteiger partial charge in [0, 0.05) is 35.2 Å². The molecule has 130 valence electrons. The zero-order valence-electron chi connectivity index (χ0n) is 13.9. The summed E-state index contributed by atoms with van der Waals surface area (Å²) in [5.74, 6) is 0.712. The fraction of sp³-hybridized carbons (Fsp3) is 0.211. The predicted molar refractivity (Wildman–Crippen MR) is 103 cm³/mol. The Morgan fingerprint density at radius 2 is 1.76 bits per heavy atom. The highest BCUT2D eigenvalue weighted by Gasteiger charge is 2.12. The lowest BCUT2D eigenvalue weighted by atomic mass is 10.0. The molecular weight excluding hydrogens is 359 g/mol. The smallest absolute Gasteiger partial charge is 0.173 e. The van der Waals surface area contributed by atoms with E-state index in [1.165, 1.54) is 0 Å². The lowest BCUT2D eigenvalue weighted by Crippen LogP contribution is -2.24. The molecule has 1 aromatic heterocycles. The van der Waals surface area contributed by atoms with Crippen molar-refractivity contribution < 1.29 is 9.47 Å². The Hall–Kier alpha value is -1.85. The van der Waals surface area contributed by atoms with Crippen LogP contribution in [0.1, 0.15) is 0 Å². The number of ether oxygens (including phenoxy) is 2. The van der Waals surface area contributed by atoms with Crippen molar-refractivity contribution in [1.82, 2.24) is 4.98 Å². The first-order valence-corrected chi connectivity index (χ1v) is 8.52. The third-order valence-corrected chi connectivity index (χ3v) is 4.48. The summed E-state index contributed by atoms with van der Waals surface area (Å²) in [5, 5.41) is 5.52. The number of methoxy groups -OCH3 is 2. The Labute approximate surface area is 156 Å². The lowest BCUT2D eigenvalue weighted by molar-refractivity contribution is -0.0914. The van der Waals surface area contributed by atoms with Crippen LogP contribution in [0.5, 0.6) is 0 Å². The van der Waals surface area contributed by atoms with Crippen molar-refractivity contribution in [1.29, 1.82) is 0 Å². The molecule has 0 radical (unpaired) electrons. The number of halogens is 2. The van der Waals surface area contributed by atoms with E-state index in [0.717, 1.165) is 22.0 Å². The maximum atomic E-state index is 6.41. The first kappa shape index (κ1) is 18.0. The van der Waals surface area contributed by atoms with E-state index in [9.17, 15) is 0 Å². The van der Waals surface area contributed by atoms with Crippen LogP contribution in [-0.4, -0.2) is 32.0 Å². The van der Waals surface area contributed by atoms with Crippen LogP contribution >= 0.6 is 23.2 Å². The number of hydrogen-bond acceptors (Lipinski definition) is 4. The van der Waals surface area contributed by atoms with E-state index in [0.29, 0.717) is 22.4 Å². The molecule has 25 heavy (non-hydrogen) atoms. The topological polar surface area (TPSA) is 43.4 Å². The van der Waals surface area contributed by atoms with Gasteiger partial charge in [0.2, 0.25) is 0 Å². The Morgan fingerprint density at radius 1 is 1.00 bits per heavy atom. The van der Waals surface area contributed by atoms with Gasteiger partial charge in [0.15, 0.2) is 6.29 Å². The summed E-state index contributed by atoms with van der Waals surface area (Å²) >= 11 is 12.6. The van der Waals surface area contributed by atoms with E-state index in [2.05, 4.69) is 10.3 Å². The Morgan fingerprint density at radius 3 is 2.48 bits per heavy atom. The number of nitrogens with one attached hydrogen (secondary N) is 1. The minimum atomic E-state index is -0.355. The molecule has 0 aliphatic carbocycles. The molecule has 1 heterocycles. The van der Waals surface area contributed by atoms with Gasteiger partial charge < -0.3 is 14.8 Å². The Kier molecular flexibility index (Phi) is 5.76. The van der Waals surface area contributed by atoms with Crippen molar-refractivity contribution in [3.05, 3.63) is 58.6 Å². The van der Waals surface area contributed by atoms with Crippen LogP contribution in [0.15, 0.2) is 48.5 Å². The fourth-order valence-corrected chi connectivity index (χ4v) is 3.05. The van der Waals surface area contributed by atoms with Crippen molar-refractivity contribution in [2.24, 2.45) is 0 Å². The predicted octanol–water partition coefficient (Wildman–Crippen LogP) is 5.24. The number of nitrogens with zero attached hydrogens (tertiary/aromatic N) is 1. The molecule has 3 aromatic rings. The molecule has 0 spiro atoms. The van der Waals surface area contributed by atoms with E-state index in [-0.39, 0.29) is 6.29 Å². The van der Waals surface area contributed by atoms with Crippen LogP contribution in [0, 0.1) is 0 Å². The summed E-state index contributed by atoms with van der Waals surface area (Å²) in [4.78, 5) is 4.65. The van der Waals surface area contributed by atoms with Gasteiger partial charge in [-0.1, -0.05) is 41.4 Å². The van der Waals surface area contributed by atoms with Gasteiger partial charge in [-0.15, -0.1) is 0 Å². The van der Waals surface area contributed by atoms with Crippen LogP contribution in [0.2, 0.25) is 10.0 Å².